The smallest absolute Gasteiger partial charge is 0.253 e. The second kappa shape index (κ2) is 7.72. The molecule has 0 bridgehead atoms. The Morgan fingerprint density at radius 2 is 2.03 bits per heavy atom. The van der Waals surface area contributed by atoms with Crippen LogP contribution >= 0.6 is 0 Å². The lowest BCUT2D eigenvalue weighted by Gasteiger charge is -2.19. The molecule has 0 aromatic carbocycles. The average Bonchev–Trinajstić information content (AvgIpc) is 3.48. The summed E-state index contributed by atoms with van der Waals surface area (Å²) in [4.78, 5) is 17.1. The van der Waals surface area contributed by atoms with Crippen molar-refractivity contribution in [1.29, 1.82) is 0 Å². The average molecular weight is 402 g/mol. The fraction of sp³-hybridized carbons (Fsp3) is 0.273. The highest BCUT2D eigenvalue weighted by Gasteiger charge is 2.30. The van der Waals surface area contributed by atoms with Crippen molar-refractivity contribution >= 4 is 11.6 Å². The zero-order valence-corrected chi connectivity index (χ0v) is 16.6. The van der Waals surface area contributed by atoms with E-state index in [0.29, 0.717) is 30.2 Å². The van der Waals surface area contributed by atoms with E-state index in [9.17, 15) is 4.79 Å². The van der Waals surface area contributed by atoms with Gasteiger partial charge in [0.15, 0.2) is 11.5 Å². The van der Waals surface area contributed by atoms with Crippen molar-refractivity contribution < 1.29 is 9.53 Å². The summed E-state index contributed by atoms with van der Waals surface area (Å²) in [5.74, 6) is 0.805. The van der Waals surface area contributed by atoms with Gasteiger partial charge in [0.1, 0.15) is 0 Å². The van der Waals surface area contributed by atoms with E-state index >= 15 is 0 Å². The molecule has 5 rings (SSSR count). The van der Waals surface area contributed by atoms with E-state index in [2.05, 4.69) is 20.5 Å². The van der Waals surface area contributed by atoms with Crippen LogP contribution in [0.3, 0.4) is 0 Å². The Balaban J connectivity index is 1.36. The van der Waals surface area contributed by atoms with Crippen molar-refractivity contribution in [2.24, 2.45) is 13.0 Å². The maximum atomic E-state index is 13.0. The number of fused-ring (bicyclic) bond motifs is 1. The van der Waals surface area contributed by atoms with Gasteiger partial charge in [-0.2, -0.15) is 0 Å². The van der Waals surface area contributed by atoms with Gasteiger partial charge < -0.3 is 14.6 Å². The van der Waals surface area contributed by atoms with Crippen LogP contribution in [0.15, 0.2) is 61.2 Å². The normalized spacial score (nSPS) is 18.7. The minimum Gasteiger partial charge on any atom is -0.379 e. The molecule has 8 nitrogen and oxygen atoms in total. The molecule has 0 saturated carbocycles. The van der Waals surface area contributed by atoms with Crippen LogP contribution in [0.2, 0.25) is 0 Å². The number of hydrogen-bond acceptors (Lipinski definition) is 5. The molecule has 1 N–H and O–H groups in total. The predicted octanol–water partition coefficient (Wildman–Crippen LogP) is 2.12. The Morgan fingerprint density at radius 1 is 1.17 bits per heavy atom. The second-order valence-corrected chi connectivity index (χ2v) is 7.61. The van der Waals surface area contributed by atoms with Gasteiger partial charge in [-0.15, -0.1) is 10.2 Å². The van der Waals surface area contributed by atoms with Crippen LogP contribution in [-0.4, -0.2) is 49.3 Å². The van der Waals surface area contributed by atoms with E-state index in [1.807, 2.05) is 52.5 Å². The lowest BCUT2D eigenvalue weighted by atomic mass is 9.95. The van der Waals surface area contributed by atoms with Gasteiger partial charge in [-0.3, -0.25) is 14.2 Å². The first-order chi connectivity index (χ1) is 14.7. The number of aryl methyl sites for hydroxylation is 1. The van der Waals surface area contributed by atoms with E-state index in [1.54, 1.807) is 24.7 Å². The summed E-state index contributed by atoms with van der Waals surface area (Å²) in [6.45, 7) is 1.15. The SMILES string of the molecule is Cn1cccc1-c1nnc2ccc(C(=O)N[C@H]3COC[C@H]3Cc3ccncc3)cn12. The van der Waals surface area contributed by atoms with E-state index in [4.69, 9.17) is 4.74 Å². The molecular formula is C22H22N6O2. The van der Waals surface area contributed by atoms with Crippen LogP contribution < -0.4 is 5.32 Å². The molecule has 1 amide bonds. The van der Waals surface area contributed by atoms with Crippen LogP contribution in [0.4, 0.5) is 0 Å². The zero-order valence-electron chi connectivity index (χ0n) is 16.6. The summed E-state index contributed by atoms with van der Waals surface area (Å²) in [7, 11) is 1.95. The number of nitrogens with one attached hydrogen (secondary N) is 1. The maximum absolute atomic E-state index is 13.0. The summed E-state index contributed by atoms with van der Waals surface area (Å²) in [5.41, 5.74) is 3.38. The molecule has 0 unspecified atom stereocenters. The fourth-order valence-electron chi connectivity index (χ4n) is 3.93. The number of carbonyl (C=O) groups excluding carboxylic acids is 1. The third-order valence-electron chi connectivity index (χ3n) is 5.60. The van der Waals surface area contributed by atoms with Crippen molar-refractivity contribution in [2.45, 2.75) is 12.5 Å². The summed E-state index contributed by atoms with van der Waals surface area (Å²) in [6, 6.07) is 11.5. The fourth-order valence-corrected chi connectivity index (χ4v) is 3.93. The molecular weight excluding hydrogens is 380 g/mol. The second-order valence-electron chi connectivity index (χ2n) is 7.61. The Hall–Kier alpha value is -3.52. The Labute approximate surface area is 173 Å². The standard InChI is InChI=1S/C22H22N6O2/c1-27-10-2-3-19(27)21-26-25-20-5-4-16(12-28(20)21)22(29)24-18-14-30-13-17(18)11-15-6-8-23-9-7-15/h2-10,12,17-18H,11,13-14H2,1H3,(H,24,29)/t17-,18+/m1/s1. The van der Waals surface area contributed by atoms with E-state index in [0.717, 1.165) is 12.1 Å². The van der Waals surface area contributed by atoms with Gasteiger partial charge in [0.25, 0.3) is 5.91 Å². The number of amides is 1. The molecule has 0 spiro atoms. The summed E-state index contributed by atoms with van der Waals surface area (Å²) in [5, 5.41) is 11.7. The first-order valence-electron chi connectivity index (χ1n) is 9.93. The lowest BCUT2D eigenvalue weighted by molar-refractivity contribution is 0.0924. The predicted molar refractivity (Wildman–Crippen MR) is 111 cm³/mol. The number of rotatable bonds is 5. The minimum absolute atomic E-state index is 0.0328. The Bertz CT molecular complexity index is 1180. The lowest BCUT2D eigenvalue weighted by Crippen LogP contribution is -2.40. The molecule has 0 aliphatic carbocycles. The summed E-state index contributed by atoms with van der Waals surface area (Å²) < 4.78 is 9.49. The first kappa shape index (κ1) is 18.5. The van der Waals surface area contributed by atoms with Crippen molar-refractivity contribution in [2.75, 3.05) is 13.2 Å². The van der Waals surface area contributed by atoms with Gasteiger partial charge in [-0.25, -0.2) is 0 Å². The molecule has 1 fully saturated rings. The van der Waals surface area contributed by atoms with Crippen molar-refractivity contribution in [3.8, 4) is 11.5 Å². The third kappa shape index (κ3) is 3.46. The van der Waals surface area contributed by atoms with Crippen LogP contribution in [0, 0.1) is 5.92 Å². The zero-order chi connectivity index (χ0) is 20.5. The number of nitrogens with zero attached hydrogens (tertiary/aromatic N) is 5. The highest BCUT2D eigenvalue weighted by atomic mass is 16.5. The highest BCUT2D eigenvalue weighted by Crippen LogP contribution is 2.21. The van der Waals surface area contributed by atoms with Gasteiger partial charge in [0, 0.05) is 37.8 Å². The van der Waals surface area contributed by atoms with Gasteiger partial charge in [0.05, 0.1) is 30.5 Å². The number of aromatic nitrogens is 5. The van der Waals surface area contributed by atoms with Gasteiger partial charge in [-0.1, -0.05) is 0 Å². The molecule has 1 aliphatic rings. The largest absolute Gasteiger partial charge is 0.379 e. The molecule has 1 aliphatic heterocycles. The molecule has 2 atom stereocenters. The molecule has 8 heteroatoms. The van der Waals surface area contributed by atoms with Gasteiger partial charge in [0.2, 0.25) is 0 Å². The molecule has 5 heterocycles. The van der Waals surface area contributed by atoms with Gasteiger partial charge >= 0.3 is 0 Å². The molecule has 4 aromatic heterocycles. The quantitative estimate of drug-likeness (QED) is 0.553. The van der Waals surface area contributed by atoms with Crippen molar-refractivity contribution in [3.05, 3.63) is 72.3 Å². The van der Waals surface area contributed by atoms with E-state index < -0.39 is 0 Å². The Morgan fingerprint density at radius 3 is 2.83 bits per heavy atom. The molecule has 1 saturated heterocycles. The van der Waals surface area contributed by atoms with Crippen LogP contribution in [-0.2, 0) is 18.2 Å². The number of hydrogen-bond donors (Lipinski definition) is 1. The van der Waals surface area contributed by atoms with Crippen LogP contribution in [0.25, 0.3) is 17.2 Å². The molecule has 152 valence electrons. The van der Waals surface area contributed by atoms with E-state index in [-0.39, 0.29) is 17.9 Å². The van der Waals surface area contributed by atoms with Crippen LogP contribution in [0.1, 0.15) is 15.9 Å². The molecule has 4 aromatic rings. The maximum Gasteiger partial charge on any atom is 0.253 e. The van der Waals surface area contributed by atoms with Gasteiger partial charge in [-0.05, 0) is 48.4 Å². The molecule has 0 radical (unpaired) electrons. The van der Waals surface area contributed by atoms with Crippen molar-refractivity contribution in [1.82, 2.24) is 29.5 Å². The number of pyridine rings is 2. The Kier molecular flexibility index (Phi) is 4.76. The number of ether oxygens (including phenoxy) is 1. The monoisotopic (exact) mass is 402 g/mol. The first-order valence-corrected chi connectivity index (χ1v) is 9.93. The number of carbonyl (C=O) groups is 1. The summed E-state index contributed by atoms with van der Waals surface area (Å²) in [6.07, 6.45) is 8.17. The third-order valence-corrected chi connectivity index (χ3v) is 5.60. The molecule has 30 heavy (non-hydrogen) atoms. The highest BCUT2D eigenvalue weighted by molar-refractivity contribution is 5.94. The van der Waals surface area contributed by atoms with Crippen LogP contribution in [0.5, 0.6) is 0 Å². The van der Waals surface area contributed by atoms with Crippen molar-refractivity contribution in [3.63, 3.8) is 0 Å². The summed E-state index contributed by atoms with van der Waals surface area (Å²) >= 11 is 0. The minimum atomic E-state index is -0.126. The van der Waals surface area contributed by atoms with E-state index in [1.165, 1.54) is 5.56 Å². The topological polar surface area (TPSA) is 86.3 Å².